The van der Waals surface area contributed by atoms with Crippen LogP contribution in [0.4, 0.5) is 15.6 Å². The second-order valence-electron chi connectivity index (χ2n) is 5.62. The maximum Gasteiger partial charge on any atom is 0.321 e. The van der Waals surface area contributed by atoms with Crippen LogP contribution in [0.1, 0.15) is 10.6 Å². The van der Waals surface area contributed by atoms with Gasteiger partial charge in [0.15, 0.2) is 5.13 Å². The van der Waals surface area contributed by atoms with Crippen LogP contribution in [0.25, 0.3) is 0 Å². The summed E-state index contributed by atoms with van der Waals surface area (Å²) >= 11 is 1.55. The molecule has 0 unspecified atom stereocenters. The van der Waals surface area contributed by atoms with Crippen molar-refractivity contribution in [2.75, 3.05) is 37.2 Å². The van der Waals surface area contributed by atoms with E-state index in [0.29, 0.717) is 5.13 Å². The van der Waals surface area contributed by atoms with Gasteiger partial charge in [-0.15, -0.1) is 11.3 Å². The molecule has 7 heteroatoms. The van der Waals surface area contributed by atoms with Gasteiger partial charge in [0.1, 0.15) is 0 Å². The number of aryl methyl sites for hydroxylation is 1. The number of nitrogens with zero attached hydrogens (tertiary/aromatic N) is 3. The van der Waals surface area contributed by atoms with Crippen molar-refractivity contribution in [3.05, 3.63) is 40.9 Å². The van der Waals surface area contributed by atoms with Gasteiger partial charge < -0.3 is 16.0 Å². The molecule has 0 saturated carbocycles. The number of para-hydroxylation sites is 1. The van der Waals surface area contributed by atoms with Crippen molar-refractivity contribution in [2.45, 2.75) is 13.5 Å². The maximum atomic E-state index is 12.3. The van der Waals surface area contributed by atoms with E-state index in [-0.39, 0.29) is 6.03 Å². The van der Waals surface area contributed by atoms with Crippen molar-refractivity contribution >= 4 is 28.2 Å². The third kappa shape index (κ3) is 4.00. The molecule has 6 nitrogen and oxygen atoms in total. The Morgan fingerprint density at radius 2 is 1.96 bits per heavy atom. The van der Waals surface area contributed by atoms with Crippen LogP contribution in [0.3, 0.4) is 0 Å². The number of nitrogen functional groups attached to an aromatic ring is 1. The van der Waals surface area contributed by atoms with E-state index in [0.717, 1.165) is 44.1 Å². The molecule has 122 valence electrons. The highest BCUT2D eigenvalue weighted by molar-refractivity contribution is 7.15. The lowest BCUT2D eigenvalue weighted by Crippen LogP contribution is -2.49. The number of carbonyl (C=O) groups excluding carboxylic acids is 1. The van der Waals surface area contributed by atoms with E-state index in [2.05, 4.69) is 15.2 Å². The maximum absolute atomic E-state index is 12.3. The van der Waals surface area contributed by atoms with Gasteiger partial charge in [0.25, 0.3) is 0 Å². The first kappa shape index (κ1) is 15.8. The fourth-order valence-electron chi connectivity index (χ4n) is 2.63. The van der Waals surface area contributed by atoms with Crippen LogP contribution in [0, 0.1) is 6.92 Å². The number of thiazole rings is 1. The highest BCUT2D eigenvalue weighted by atomic mass is 32.1. The van der Waals surface area contributed by atoms with E-state index in [4.69, 9.17) is 5.73 Å². The van der Waals surface area contributed by atoms with Crippen molar-refractivity contribution in [1.29, 1.82) is 0 Å². The van der Waals surface area contributed by atoms with Gasteiger partial charge in [-0.05, 0) is 19.1 Å². The van der Waals surface area contributed by atoms with Crippen molar-refractivity contribution in [2.24, 2.45) is 0 Å². The summed E-state index contributed by atoms with van der Waals surface area (Å²) in [6.07, 6.45) is 0. The SMILES string of the molecule is Cc1nc(N)sc1CN1CCN(C(=O)Nc2ccccc2)CC1. The van der Waals surface area contributed by atoms with Crippen LogP contribution in [0.5, 0.6) is 0 Å². The van der Waals surface area contributed by atoms with Gasteiger partial charge in [0, 0.05) is 43.3 Å². The summed E-state index contributed by atoms with van der Waals surface area (Å²) in [6.45, 7) is 6.03. The molecular weight excluding hydrogens is 310 g/mol. The molecule has 2 heterocycles. The molecule has 0 spiro atoms. The van der Waals surface area contributed by atoms with E-state index in [1.807, 2.05) is 42.2 Å². The lowest BCUT2D eigenvalue weighted by molar-refractivity contribution is 0.143. The molecule has 1 aliphatic rings. The first-order valence-corrected chi connectivity index (χ1v) is 8.48. The number of carbonyl (C=O) groups is 1. The minimum absolute atomic E-state index is 0.0333. The number of piperazine rings is 1. The minimum Gasteiger partial charge on any atom is -0.375 e. The number of rotatable bonds is 3. The minimum atomic E-state index is -0.0333. The zero-order valence-electron chi connectivity index (χ0n) is 13.2. The number of anilines is 2. The topological polar surface area (TPSA) is 74.5 Å². The number of urea groups is 1. The highest BCUT2D eigenvalue weighted by Crippen LogP contribution is 2.22. The zero-order valence-corrected chi connectivity index (χ0v) is 14.0. The second-order valence-corrected chi connectivity index (χ2v) is 6.74. The predicted octanol–water partition coefficient (Wildman–Crippen LogP) is 2.38. The molecule has 23 heavy (non-hydrogen) atoms. The van der Waals surface area contributed by atoms with Gasteiger partial charge >= 0.3 is 6.03 Å². The summed E-state index contributed by atoms with van der Waals surface area (Å²) in [6, 6.07) is 9.51. The van der Waals surface area contributed by atoms with E-state index < -0.39 is 0 Å². The molecular formula is C16H21N5OS. The summed E-state index contributed by atoms with van der Waals surface area (Å²) in [5, 5.41) is 3.56. The van der Waals surface area contributed by atoms with Crippen molar-refractivity contribution in [3.8, 4) is 0 Å². The Balaban J connectivity index is 1.50. The van der Waals surface area contributed by atoms with E-state index >= 15 is 0 Å². The summed E-state index contributed by atoms with van der Waals surface area (Å²) in [7, 11) is 0. The Hall–Kier alpha value is -2.12. The van der Waals surface area contributed by atoms with Gasteiger partial charge in [-0.1, -0.05) is 18.2 Å². The number of benzene rings is 1. The third-order valence-corrected chi connectivity index (χ3v) is 4.93. The molecule has 0 bridgehead atoms. The van der Waals surface area contributed by atoms with Gasteiger partial charge in [-0.3, -0.25) is 4.90 Å². The molecule has 0 atom stereocenters. The summed E-state index contributed by atoms with van der Waals surface area (Å²) < 4.78 is 0. The fourth-order valence-corrected chi connectivity index (χ4v) is 3.51. The summed E-state index contributed by atoms with van der Waals surface area (Å²) in [4.78, 5) is 21.9. The molecule has 3 N–H and O–H groups in total. The first-order chi connectivity index (χ1) is 11.1. The number of aromatic nitrogens is 1. The lowest BCUT2D eigenvalue weighted by atomic mass is 10.3. The van der Waals surface area contributed by atoms with Crippen LogP contribution < -0.4 is 11.1 Å². The van der Waals surface area contributed by atoms with Crippen molar-refractivity contribution < 1.29 is 4.79 Å². The summed E-state index contributed by atoms with van der Waals surface area (Å²) in [5.41, 5.74) is 7.59. The van der Waals surface area contributed by atoms with Crippen molar-refractivity contribution in [3.63, 3.8) is 0 Å². The first-order valence-electron chi connectivity index (χ1n) is 7.67. The molecule has 2 aromatic rings. The fraction of sp³-hybridized carbons (Fsp3) is 0.375. The molecule has 0 radical (unpaired) electrons. The van der Waals surface area contributed by atoms with Gasteiger partial charge in [-0.25, -0.2) is 9.78 Å². The monoisotopic (exact) mass is 331 g/mol. The van der Waals surface area contributed by atoms with Gasteiger partial charge in [0.2, 0.25) is 0 Å². The van der Waals surface area contributed by atoms with Crippen LogP contribution in [-0.4, -0.2) is 47.0 Å². The lowest BCUT2D eigenvalue weighted by Gasteiger charge is -2.34. The molecule has 1 aliphatic heterocycles. The van der Waals surface area contributed by atoms with E-state index in [1.165, 1.54) is 4.88 Å². The number of hydrogen-bond acceptors (Lipinski definition) is 5. The molecule has 1 fully saturated rings. The molecule has 0 aliphatic carbocycles. The Kier molecular flexibility index (Phi) is 4.78. The normalized spacial score (nSPS) is 15.6. The third-order valence-electron chi connectivity index (χ3n) is 3.96. The number of amides is 2. The quantitative estimate of drug-likeness (QED) is 0.905. The molecule has 1 aromatic carbocycles. The second kappa shape index (κ2) is 6.97. The Morgan fingerprint density at radius 1 is 1.26 bits per heavy atom. The number of nitrogens with one attached hydrogen (secondary N) is 1. The van der Waals surface area contributed by atoms with Crippen LogP contribution in [0.2, 0.25) is 0 Å². The van der Waals surface area contributed by atoms with Gasteiger partial charge in [-0.2, -0.15) is 0 Å². The molecule has 2 amide bonds. The Bertz CT molecular complexity index is 664. The number of nitrogens with two attached hydrogens (primary N) is 1. The van der Waals surface area contributed by atoms with Gasteiger partial charge in [0.05, 0.1) is 5.69 Å². The standard InChI is InChI=1S/C16H21N5OS/c1-12-14(23-15(17)18-12)11-20-7-9-21(10-8-20)16(22)19-13-5-3-2-4-6-13/h2-6H,7-11H2,1H3,(H2,17,18)(H,19,22). The van der Waals surface area contributed by atoms with Crippen LogP contribution >= 0.6 is 11.3 Å². The highest BCUT2D eigenvalue weighted by Gasteiger charge is 2.22. The Morgan fingerprint density at radius 3 is 2.57 bits per heavy atom. The van der Waals surface area contributed by atoms with Crippen LogP contribution in [-0.2, 0) is 6.54 Å². The van der Waals surface area contributed by atoms with Crippen LogP contribution in [0.15, 0.2) is 30.3 Å². The van der Waals surface area contributed by atoms with Crippen molar-refractivity contribution in [1.82, 2.24) is 14.8 Å². The average Bonchev–Trinajstić information content (AvgIpc) is 2.86. The average molecular weight is 331 g/mol. The zero-order chi connectivity index (χ0) is 16.2. The van der Waals surface area contributed by atoms with E-state index in [9.17, 15) is 4.79 Å². The largest absolute Gasteiger partial charge is 0.375 e. The Labute approximate surface area is 139 Å². The smallest absolute Gasteiger partial charge is 0.321 e. The number of hydrogen-bond donors (Lipinski definition) is 2. The summed E-state index contributed by atoms with van der Waals surface area (Å²) in [5.74, 6) is 0. The predicted molar refractivity (Wildman–Crippen MR) is 93.6 cm³/mol. The molecule has 1 aromatic heterocycles. The van der Waals surface area contributed by atoms with E-state index in [1.54, 1.807) is 11.3 Å². The molecule has 3 rings (SSSR count). The molecule has 1 saturated heterocycles.